The maximum Gasteiger partial charge on any atom is 0.138 e. The Morgan fingerprint density at radius 2 is 2.43 bits per heavy atom. The van der Waals surface area contributed by atoms with Gasteiger partial charge in [0.2, 0.25) is 0 Å². The standard InChI is InChI=1S/C10H16N2O2/c1-7-8(5-11-14-7)6-12(2)9-3-4-10(9)13/h5,9-10,13H,3-4,6H2,1-2H3. The van der Waals surface area contributed by atoms with Crippen LogP contribution >= 0.6 is 0 Å². The first-order valence-electron chi connectivity index (χ1n) is 4.97. The number of aromatic nitrogens is 1. The Bertz CT molecular complexity index is 311. The summed E-state index contributed by atoms with van der Waals surface area (Å²) in [4.78, 5) is 2.16. The van der Waals surface area contributed by atoms with E-state index in [-0.39, 0.29) is 6.10 Å². The van der Waals surface area contributed by atoms with Crippen LogP contribution in [0.5, 0.6) is 0 Å². The summed E-state index contributed by atoms with van der Waals surface area (Å²) in [7, 11) is 2.03. The molecule has 2 atom stereocenters. The molecule has 1 heterocycles. The van der Waals surface area contributed by atoms with E-state index >= 15 is 0 Å². The second-order valence-electron chi connectivity index (χ2n) is 4.03. The summed E-state index contributed by atoms with van der Waals surface area (Å²) >= 11 is 0. The largest absolute Gasteiger partial charge is 0.391 e. The third-order valence-electron chi connectivity index (χ3n) is 3.04. The molecule has 0 aliphatic heterocycles. The number of aliphatic hydroxyl groups excluding tert-OH is 1. The molecule has 1 N–H and O–H groups in total. The van der Waals surface area contributed by atoms with Gasteiger partial charge in [0, 0.05) is 18.2 Å². The van der Waals surface area contributed by atoms with Gasteiger partial charge >= 0.3 is 0 Å². The SMILES string of the molecule is Cc1oncc1CN(C)C1CCC1O. The zero-order valence-corrected chi connectivity index (χ0v) is 8.60. The Morgan fingerprint density at radius 1 is 1.64 bits per heavy atom. The molecule has 0 saturated heterocycles. The van der Waals surface area contributed by atoms with Crippen LogP contribution in [0.2, 0.25) is 0 Å². The third-order valence-corrected chi connectivity index (χ3v) is 3.04. The molecule has 1 aliphatic carbocycles. The van der Waals surface area contributed by atoms with Crippen LogP contribution in [-0.2, 0) is 6.54 Å². The first-order chi connectivity index (χ1) is 6.68. The van der Waals surface area contributed by atoms with E-state index in [1.807, 2.05) is 14.0 Å². The van der Waals surface area contributed by atoms with Crippen molar-refractivity contribution in [1.29, 1.82) is 0 Å². The molecule has 4 nitrogen and oxygen atoms in total. The van der Waals surface area contributed by atoms with Crippen molar-refractivity contribution in [3.63, 3.8) is 0 Å². The van der Waals surface area contributed by atoms with Crippen molar-refractivity contribution >= 4 is 0 Å². The number of likely N-dealkylation sites (N-methyl/N-ethyl adjacent to an activating group) is 1. The van der Waals surface area contributed by atoms with Crippen molar-refractivity contribution in [3.05, 3.63) is 17.5 Å². The lowest BCUT2D eigenvalue weighted by Crippen LogP contribution is -2.48. The number of aliphatic hydroxyl groups is 1. The molecule has 2 rings (SSSR count). The van der Waals surface area contributed by atoms with Gasteiger partial charge in [-0.25, -0.2) is 0 Å². The molecule has 0 amide bonds. The van der Waals surface area contributed by atoms with Crippen molar-refractivity contribution < 1.29 is 9.63 Å². The number of nitrogens with zero attached hydrogens (tertiary/aromatic N) is 2. The predicted octanol–water partition coefficient (Wildman–Crippen LogP) is 0.938. The minimum absolute atomic E-state index is 0.153. The summed E-state index contributed by atoms with van der Waals surface area (Å²) in [5.74, 6) is 0.866. The molecule has 1 fully saturated rings. The Hall–Kier alpha value is -0.870. The topological polar surface area (TPSA) is 49.5 Å². The summed E-state index contributed by atoms with van der Waals surface area (Å²) in [6.07, 6.45) is 3.61. The normalized spacial score (nSPS) is 26.6. The molecule has 1 aromatic rings. The van der Waals surface area contributed by atoms with E-state index in [4.69, 9.17) is 4.52 Å². The minimum Gasteiger partial charge on any atom is -0.391 e. The van der Waals surface area contributed by atoms with Crippen molar-refractivity contribution in [2.24, 2.45) is 0 Å². The zero-order chi connectivity index (χ0) is 10.1. The highest BCUT2D eigenvalue weighted by atomic mass is 16.5. The molecular formula is C10H16N2O2. The fraction of sp³-hybridized carbons (Fsp3) is 0.700. The van der Waals surface area contributed by atoms with Gasteiger partial charge < -0.3 is 9.63 Å². The summed E-state index contributed by atoms with van der Waals surface area (Å²) < 4.78 is 4.98. The lowest BCUT2D eigenvalue weighted by atomic mass is 9.88. The molecule has 2 unspecified atom stereocenters. The zero-order valence-electron chi connectivity index (χ0n) is 8.60. The summed E-state index contributed by atoms with van der Waals surface area (Å²) in [5.41, 5.74) is 1.10. The first-order valence-corrected chi connectivity index (χ1v) is 4.97. The van der Waals surface area contributed by atoms with Crippen molar-refractivity contribution in [2.75, 3.05) is 7.05 Å². The second-order valence-corrected chi connectivity index (χ2v) is 4.03. The van der Waals surface area contributed by atoms with Crippen LogP contribution in [0, 0.1) is 6.92 Å². The first kappa shape index (κ1) is 9.68. The van der Waals surface area contributed by atoms with Crippen LogP contribution in [0.15, 0.2) is 10.7 Å². The van der Waals surface area contributed by atoms with E-state index in [1.165, 1.54) is 0 Å². The Morgan fingerprint density at radius 3 is 2.86 bits per heavy atom. The van der Waals surface area contributed by atoms with Crippen LogP contribution in [0.1, 0.15) is 24.2 Å². The third kappa shape index (κ3) is 1.67. The van der Waals surface area contributed by atoms with Gasteiger partial charge in [-0.15, -0.1) is 0 Å². The molecule has 0 bridgehead atoms. The lowest BCUT2D eigenvalue weighted by molar-refractivity contribution is -0.0131. The highest BCUT2D eigenvalue weighted by Gasteiger charge is 2.32. The molecule has 14 heavy (non-hydrogen) atoms. The summed E-state index contributed by atoms with van der Waals surface area (Å²) in [6, 6.07) is 0.310. The number of aryl methyl sites for hydroxylation is 1. The average Bonchev–Trinajstić information content (AvgIpc) is 2.49. The molecule has 1 aliphatic rings. The van der Waals surface area contributed by atoms with Gasteiger partial charge in [-0.1, -0.05) is 5.16 Å². The maximum atomic E-state index is 9.50. The van der Waals surface area contributed by atoms with Gasteiger partial charge in [-0.05, 0) is 26.8 Å². The molecule has 1 aromatic heterocycles. The van der Waals surface area contributed by atoms with Crippen molar-refractivity contribution in [2.45, 2.75) is 38.5 Å². The fourth-order valence-electron chi connectivity index (χ4n) is 1.84. The second kappa shape index (κ2) is 3.71. The predicted molar refractivity (Wildman–Crippen MR) is 51.7 cm³/mol. The number of hydrogen-bond donors (Lipinski definition) is 1. The average molecular weight is 196 g/mol. The maximum absolute atomic E-state index is 9.50. The van der Waals surface area contributed by atoms with E-state index in [0.29, 0.717) is 6.04 Å². The van der Waals surface area contributed by atoms with Gasteiger partial charge in [0.1, 0.15) is 5.76 Å². The van der Waals surface area contributed by atoms with E-state index in [2.05, 4.69) is 10.1 Å². The van der Waals surface area contributed by atoms with Gasteiger partial charge in [0.25, 0.3) is 0 Å². The molecule has 4 heteroatoms. The minimum atomic E-state index is -0.153. The van der Waals surface area contributed by atoms with Crippen LogP contribution in [-0.4, -0.2) is 34.4 Å². The molecular weight excluding hydrogens is 180 g/mol. The quantitative estimate of drug-likeness (QED) is 0.781. The van der Waals surface area contributed by atoms with Crippen molar-refractivity contribution in [1.82, 2.24) is 10.1 Å². The Balaban J connectivity index is 1.94. The molecule has 1 saturated carbocycles. The van der Waals surface area contributed by atoms with Gasteiger partial charge in [-0.2, -0.15) is 0 Å². The lowest BCUT2D eigenvalue weighted by Gasteiger charge is -2.39. The highest BCUT2D eigenvalue weighted by molar-refractivity contribution is 5.11. The number of hydrogen-bond acceptors (Lipinski definition) is 4. The number of rotatable bonds is 3. The fourth-order valence-corrected chi connectivity index (χ4v) is 1.84. The van der Waals surface area contributed by atoms with Crippen LogP contribution in [0.3, 0.4) is 0 Å². The van der Waals surface area contributed by atoms with Gasteiger partial charge in [0.05, 0.1) is 12.3 Å². The Kier molecular flexibility index (Phi) is 2.56. The Labute approximate surface area is 83.5 Å². The molecule has 78 valence electrons. The van der Waals surface area contributed by atoms with Crippen LogP contribution in [0.25, 0.3) is 0 Å². The van der Waals surface area contributed by atoms with E-state index < -0.39 is 0 Å². The molecule has 0 radical (unpaired) electrons. The van der Waals surface area contributed by atoms with Crippen LogP contribution < -0.4 is 0 Å². The monoisotopic (exact) mass is 196 g/mol. The molecule has 0 aromatic carbocycles. The van der Waals surface area contributed by atoms with Gasteiger partial charge in [-0.3, -0.25) is 4.90 Å². The van der Waals surface area contributed by atoms with Gasteiger partial charge in [0.15, 0.2) is 0 Å². The smallest absolute Gasteiger partial charge is 0.138 e. The van der Waals surface area contributed by atoms with E-state index in [1.54, 1.807) is 6.20 Å². The highest BCUT2D eigenvalue weighted by Crippen LogP contribution is 2.25. The summed E-state index contributed by atoms with van der Waals surface area (Å²) in [6.45, 7) is 2.71. The van der Waals surface area contributed by atoms with E-state index in [9.17, 15) is 5.11 Å². The summed E-state index contributed by atoms with van der Waals surface area (Å²) in [5, 5.41) is 13.2. The van der Waals surface area contributed by atoms with Crippen molar-refractivity contribution in [3.8, 4) is 0 Å². The van der Waals surface area contributed by atoms with E-state index in [0.717, 1.165) is 30.7 Å². The molecule has 0 spiro atoms. The van der Waals surface area contributed by atoms with Crippen LogP contribution in [0.4, 0.5) is 0 Å².